The molecule has 1 aromatic rings. The second-order valence-electron chi connectivity index (χ2n) is 2.13. The Hall–Kier alpha value is -1.53. The maximum Gasteiger partial charge on any atom is 0.400 e. The molecule has 0 unspecified atom stereocenters. The summed E-state index contributed by atoms with van der Waals surface area (Å²) in [5, 5.41) is 5.11. The minimum absolute atomic E-state index is 0.109. The van der Waals surface area contributed by atoms with Crippen LogP contribution in [0, 0.1) is 0 Å². The van der Waals surface area contributed by atoms with E-state index in [2.05, 4.69) is 14.8 Å². The highest BCUT2D eigenvalue weighted by Gasteiger charge is 2.45. The lowest BCUT2D eigenvalue weighted by molar-refractivity contribution is -0.174. The van der Waals surface area contributed by atoms with Crippen LogP contribution in [0.1, 0.15) is 12.7 Å². The number of aromatic amines is 1. The molecule has 1 heterocycles. The van der Waals surface area contributed by atoms with E-state index in [1.165, 1.54) is 6.92 Å². The second kappa shape index (κ2) is 3.46. The minimum Gasteiger partial charge on any atom is -0.461 e. The van der Waals surface area contributed by atoms with E-state index in [1.54, 1.807) is 0 Å². The summed E-state index contributed by atoms with van der Waals surface area (Å²) in [5.41, 5.74) is 0. The molecule has 1 N–H and O–H groups in total. The van der Waals surface area contributed by atoms with Gasteiger partial charge in [0.1, 0.15) is 6.33 Å². The SMILES string of the molecule is CCOC(=O)C(F)(F)c1ncn[nH]1. The van der Waals surface area contributed by atoms with Crippen molar-refractivity contribution in [2.75, 3.05) is 6.61 Å². The number of aromatic nitrogens is 3. The molecule has 5 nitrogen and oxygen atoms in total. The van der Waals surface area contributed by atoms with E-state index in [0.29, 0.717) is 0 Å². The molecular formula is C6H7F2N3O2. The Morgan fingerprint density at radius 3 is 2.92 bits per heavy atom. The number of nitrogens with zero attached hydrogens (tertiary/aromatic N) is 2. The molecule has 13 heavy (non-hydrogen) atoms. The second-order valence-corrected chi connectivity index (χ2v) is 2.13. The van der Waals surface area contributed by atoms with E-state index in [-0.39, 0.29) is 6.61 Å². The quantitative estimate of drug-likeness (QED) is 0.704. The maximum absolute atomic E-state index is 13.0. The van der Waals surface area contributed by atoms with Crippen LogP contribution >= 0.6 is 0 Å². The molecule has 1 rings (SSSR count). The van der Waals surface area contributed by atoms with E-state index in [1.807, 2.05) is 5.10 Å². The number of nitrogens with one attached hydrogen (secondary N) is 1. The number of hydrogen-bond acceptors (Lipinski definition) is 4. The number of carbonyl (C=O) groups is 1. The number of halogens is 2. The van der Waals surface area contributed by atoms with Crippen LogP contribution < -0.4 is 0 Å². The van der Waals surface area contributed by atoms with Crippen molar-refractivity contribution >= 4 is 5.97 Å². The number of esters is 1. The number of alkyl halides is 2. The monoisotopic (exact) mass is 191 g/mol. The van der Waals surface area contributed by atoms with Gasteiger partial charge in [-0.15, -0.1) is 0 Å². The van der Waals surface area contributed by atoms with Gasteiger partial charge in [-0.25, -0.2) is 9.78 Å². The molecule has 7 heteroatoms. The van der Waals surface area contributed by atoms with E-state index < -0.39 is 17.7 Å². The lowest BCUT2D eigenvalue weighted by atomic mass is 10.3. The third-order valence-electron chi connectivity index (χ3n) is 1.24. The first-order chi connectivity index (χ1) is 6.09. The molecule has 0 aliphatic heterocycles. The van der Waals surface area contributed by atoms with Crippen LogP contribution in [0.5, 0.6) is 0 Å². The van der Waals surface area contributed by atoms with Crippen molar-refractivity contribution < 1.29 is 18.3 Å². The third-order valence-corrected chi connectivity index (χ3v) is 1.24. The summed E-state index contributed by atoms with van der Waals surface area (Å²) in [7, 11) is 0. The smallest absolute Gasteiger partial charge is 0.400 e. The van der Waals surface area contributed by atoms with E-state index >= 15 is 0 Å². The lowest BCUT2D eigenvalue weighted by Gasteiger charge is -2.10. The molecule has 0 aliphatic rings. The molecule has 0 amide bonds. The fraction of sp³-hybridized carbons (Fsp3) is 0.500. The first-order valence-corrected chi connectivity index (χ1v) is 3.50. The fourth-order valence-corrected chi connectivity index (χ4v) is 0.675. The van der Waals surface area contributed by atoms with Crippen LogP contribution in [0.25, 0.3) is 0 Å². The summed E-state index contributed by atoms with van der Waals surface area (Å²) in [6.07, 6.45) is 0.891. The number of carbonyl (C=O) groups excluding carboxylic acids is 1. The van der Waals surface area contributed by atoms with Gasteiger partial charge in [-0.3, -0.25) is 5.10 Å². The van der Waals surface area contributed by atoms with Gasteiger partial charge in [-0.05, 0) is 6.92 Å². The highest BCUT2D eigenvalue weighted by molar-refractivity contribution is 5.78. The molecule has 0 aromatic carbocycles. The summed E-state index contributed by atoms with van der Waals surface area (Å²) < 4.78 is 30.1. The average molecular weight is 191 g/mol. The third kappa shape index (κ3) is 1.79. The number of rotatable bonds is 3. The zero-order valence-corrected chi connectivity index (χ0v) is 6.75. The van der Waals surface area contributed by atoms with Crippen molar-refractivity contribution in [2.24, 2.45) is 0 Å². The van der Waals surface area contributed by atoms with Crippen molar-refractivity contribution in [1.29, 1.82) is 0 Å². The molecular weight excluding hydrogens is 184 g/mol. The molecule has 0 aliphatic carbocycles. The Balaban J connectivity index is 2.82. The van der Waals surface area contributed by atoms with Gasteiger partial charge in [0.2, 0.25) is 5.82 Å². The lowest BCUT2D eigenvalue weighted by Crippen LogP contribution is -2.29. The predicted octanol–water partition coefficient (Wildman–Crippen LogP) is 0.460. The Morgan fingerprint density at radius 2 is 2.46 bits per heavy atom. The Morgan fingerprint density at radius 1 is 1.77 bits per heavy atom. The molecule has 1 aromatic heterocycles. The number of ether oxygens (including phenoxy) is 1. The average Bonchev–Trinajstić information content (AvgIpc) is 2.56. The fourth-order valence-electron chi connectivity index (χ4n) is 0.675. The molecule has 0 fully saturated rings. The van der Waals surface area contributed by atoms with Crippen molar-refractivity contribution in [3.63, 3.8) is 0 Å². The summed E-state index contributed by atoms with van der Waals surface area (Å²) in [4.78, 5) is 13.9. The van der Waals surface area contributed by atoms with Gasteiger partial charge in [-0.2, -0.15) is 13.9 Å². The van der Waals surface area contributed by atoms with E-state index in [4.69, 9.17) is 0 Å². The standard InChI is InChI=1S/C6H7F2N3O2/c1-2-13-5(12)6(7,8)4-9-3-10-11-4/h3H,2H2,1H3,(H,9,10,11). The molecule has 0 bridgehead atoms. The Kier molecular flexibility index (Phi) is 2.54. The van der Waals surface area contributed by atoms with Gasteiger partial charge in [0.25, 0.3) is 0 Å². The van der Waals surface area contributed by atoms with Crippen molar-refractivity contribution in [3.05, 3.63) is 12.2 Å². The van der Waals surface area contributed by atoms with Crippen LogP contribution in [-0.4, -0.2) is 27.8 Å². The van der Waals surface area contributed by atoms with Crippen LogP contribution in [-0.2, 0) is 15.5 Å². The highest BCUT2D eigenvalue weighted by atomic mass is 19.3. The van der Waals surface area contributed by atoms with Gasteiger partial charge < -0.3 is 4.74 Å². The van der Waals surface area contributed by atoms with Gasteiger partial charge in [0.05, 0.1) is 6.61 Å². The molecule has 0 saturated heterocycles. The number of H-pyrrole nitrogens is 1. The van der Waals surface area contributed by atoms with Gasteiger partial charge in [-0.1, -0.05) is 0 Å². The molecule has 0 spiro atoms. The topological polar surface area (TPSA) is 67.9 Å². The summed E-state index contributed by atoms with van der Waals surface area (Å²) in [6, 6.07) is 0. The largest absolute Gasteiger partial charge is 0.461 e. The Labute approximate surface area is 72.1 Å². The van der Waals surface area contributed by atoms with Gasteiger partial charge in [0.15, 0.2) is 0 Å². The molecule has 0 atom stereocenters. The van der Waals surface area contributed by atoms with Crippen LogP contribution in [0.3, 0.4) is 0 Å². The molecule has 0 radical (unpaired) electrons. The van der Waals surface area contributed by atoms with Crippen LogP contribution in [0.2, 0.25) is 0 Å². The van der Waals surface area contributed by atoms with E-state index in [0.717, 1.165) is 6.33 Å². The summed E-state index contributed by atoms with van der Waals surface area (Å²) >= 11 is 0. The summed E-state index contributed by atoms with van der Waals surface area (Å²) in [6.45, 7) is 1.33. The Bertz CT molecular complexity index is 286. The van der Waals surface area contributed by atoms with Gasteiger partial charge >= 0.3 is 11.9 Å². The molecule has 72 valence electrons. The van der Waals surface area contributed by atoms with Crippen LogP contribution in [0.15, 0.2) is 6.33 Å². The minimum atomic E-state index is -3.76. The number of hydrogen-bond donors (Lipinski definition) is 1. The zero-order chi connectivity index (χ0) is 9.90. The highest BCUT2D eigenvalue weighted by Crippen LogP contribution is 2.25. The first kappa shape index (κ1) is 9.56. The normalized spacial score (nSPS) is 11.3. The van der Waals surface area contributed by atoms with E-state index in [9.17, 15) is 13.6 Å². The van der Waals surface area contributed by atoms with Crippen LogP contribution in [0.4, 0.5) is 8.78 Å². The predicted molar refractivity (Wildman–Crippen MR) is 36.9 cm³/mol. The van der Waals surface area contributed by atoms with Crippen molar-refractivity contribution in [3.8, 4) is 0 Å². The van der Waals surface area contributed by atoms with Gasteiger partial charge in [0, 0.05) is 0 Å². The first-order valence-electron chi connectivity index (χ1n) is 3.50. The summed E-state index contributed by atoms with van der Waals surface area (Å²) in [5.74, 6) is -6.20. The maximum atomic E-state index is 13.0. The van der Waals surface area contributed by atoms with Crippen molar-refractivity contribution in [2.45, 2.75) is 12.8 Å². The van der Waals surface area contributed by atoms with Crippen molar-refractivity contribution in [1.82, 2.24) is 15.2 Å². The molecule has 0 saturated carbocycles. The zero-order valence-electron chi connectivity index (χ0n) is 6.75.